The van der Waals surface area contributed by atoms with Crippen molar-refractivity contribution in [1.82, 2.24) is 13.9 Å². The second-order valence-corrected chi connectivity index (χ2v) is 10.4. The summed E-state index contributed by atoms with van der Waals surface area (Å²) in [4.78, 5) is 17.1. The number of hydrogen-bond donors (Lipinski definition) is 1. The van der Waals surface area contributed by atoms with Gasteiger partial charge in [-0.1, -0.05) is 17.8 Å². The van der Waals surface area contributed by atoms with Crippen LogP contribution in [-0.4, -0.2) is 55.1 Å². The Morgan fingerprint density at radius 1 is 1.16 bits per heavy atom. The van der Waals surface area contributed by atoms with Crippen LogP contribution in [0.25, 0.3) is 5.69 Å². The van der Waals surface area contributed by atoms with Crippen molar-refractivity contribution in [2.75, 3.05) is 32.3 Å². The van der Waals surface area contributed by atoms with Crippen molar-refractivity contribution in [3.8, 4) is 11.4 Å². The summed E-state index contributed by atoms with van der Waals surface area (Å²) in [5.74, 6) is 0.162. The summed E-state index contributed by atoms with van der Waals surface area (Å²) in [7, 11) is 0.717. The molecule has 0 fully saturated rings. The monoisotopic (exact) mass is 474 g/mol. The number of carbonyl (C=O) groups excluding carboxylic acids is 1. The summed E-state index contributed by atoms with van der Waals surface area (Å²) < 4.78 is 33.2. The molecule has 1 aromatic heterocycles. The Morgan fingerprint density at radius 2 is 1.91 bits per heavy atom. The van der Waals surface area contributed by atoms with Gasteiger partial charge in [0.1, 0.15) is 5.75 Å². The van der Waals surface area contributed by atoms with Gasteiger partial charge in [0, 0.05) is 32.2 Å². The molecule has 2 aromatic carbocycles. The van der Waals surface area contributed by atoms with Gasteiger partial charge in [-0.15, -0.1) is 0 Å². The second-order valence-electron chi connectivity index (χ2n) is 7.33. The topological polar surface area (TPSA) is 93.5 Å². The normalized spacial score (nSPS) is 11.6. The Labute approximate surface area is 192 Å². The zero-order valence-electron chi connectivity index (χ0n) is 18.6. The second kappa shape index (κ2) is 9.76. The van der Waals surface area contributed by atoms with Crippen LogP contribution in [0, 0.1) is 13.8 Å². The van der Waals surface area contributed by atoms with Gasteiger partial charge in [0.25, 0.3) is 0 Å². The van der Waals surface area contributed by atoms with E-state index in [1.807, 2.05) is 29.8 Å². The van der Waals surface area contributed by atoms with Gasteiger partial charge in [0.15, 0.2) is 5.16 Å². The largest absolute Gasteiger partial charge is 0.495 e. The van der Waals surface area contributed by atoms with Crippen LogP contribution in [0.2, 0.25) is 0 Å². The first-order valence-corrected chi connectivity index (χ1v) is 12.2. The van der Waals surface area contributed by atoms with Gasteiger partial charge in [-0.05, 0) is 55.3 Å². The molecule has 0 saturated carbocycles. The fourth-order valence-electron chi connectivity index (χ4n) is 2.94. The molecular weight excluding hydrogens is 448 g/mol. The van der Waals surface area contributed by atoms with Crippen LogP contribution in [0.4, 0.5) is 5.69 Å². The van der Waals surface area contributed by atoms with Gasteiger partial charge in [0.05, 0.1) is 23.4 Å². The van der Waals surface area contributed by atoms with Gasteiger partial charge in [0.2, 0.25) is 15.9 Å². The van der Waals surface area contributed by atoms with Crippen LogP contribution >= 0.6 is 11.8 Å². The molecule has 8 nitrogen and oxygen atoms in total. The van der Waals surface area contributed by atoms with Crippen LogP contribution in [0.3, 0.4) is 0 Å². The Morgan fingerprint density at radius 3 is 2.56 bits per heavy atom. The van der Waals surface area contributed by atoms with Crippen LogP contribution in [0.5, 0.6) is 5.75 Å². The van der Waals surface area contributed by atoms with Crippen LogP contribution in [0.1, 0.15) is 11.1 Å². The summed E-state index contributed by atoms with van der Waals surface area (Å²) in [6.07, 6.45) is 3.54. The average molecular weight is 475 g/mol. The molecule has 3 rings (SSSR count). The van der Waals surface area contributed by atoms with Crippen LogP contribution < -0.4 is 10.1 Å². The van der Waals surface area contributed by atoms with E-state index in [2.05, 4.69) is 23.3 Å². The van der Waals surface area contributed by atoms with Crippen molar-refractivity contribution in [3.63, 3.8) is 0 Å². The van der Waals surface area contributed by atoms with Gasteiger partial charge >= 0.3 is 0 Å². The molecule has 10 heteroatoms. The predicted molar refractivity (Wildman–Crippen MR) is 126 cm³/mol. The molecule has 32 heavy (non-hydrogen) atoms. The summed E-state index contributed by atoms with van der Waals surface area (Å²) in [6.45, 7) is 4.11. The van der Waals surface area contributed by atoms with E-state index in [1.54, 1.807) is 6.20 Å². The minimum absolute atomic E-state index is 0.0662. The van der Waals surface area contributed by atoms with Crippen molar-refractivity contribution in [2.24, 2.45) is 0 Å². The predicted octanol–water partition coefficient (Wildman–Crippen LogP) is 3.48. The molecule has 0 saturated heterocycles. The number of anilines is 1. The molecule has 170 valence electrons. The number of rotatable bonds is 8. The quantitative estimate of drug-likeness (QED) is 0.503. The number of carbonyl (C=O) groups is 1. The molecule has 0 bridgehead atoms. The minimum Gasteiger partial charge on any atom is -0.495 e. The Bertz CT molecular complexity index is 1240. The van der Waals surface area contributed by atoms with Crippen molar-refractivity contribution >= 4 is 33.4 Å². The first-order valence-electron chi connectivity index (χ1n) is 9.77. The van der Waals surface area contributed by atoms with Crippen molar-refractivity contribution in [2.45, 2.75) is 23.9 Å². The van der Waals surface area contributed by atoms with E-state index in [1.165, 1.54) is 62.3 Å². The fraction of sp³-hybridized carbons (Fsp3) is 0.273. The van der Waals surface area contributed by atoms with E-state index in [0.29, 0.717) is 16.6 Å². The highest BCUT2D eigenvalue weighted by molar-refractivity contribution is 7.99. The molecule has 0 aliphatic rings. The van der Waals surface area contributed by atoms with E-state index in [0.717, 1.165) is 9.99 Å². The number of sulfonamides is 1. The molecule has 1 heterocycles. The number of methoxy groups -OCH3 is 1. The lowest BCUT2D eigenvalue weighted by Gasteiger charge is -2.15. The number of amides is 1. The molecule has 3 aromatic rings. The van der Waals surface area contributed by atoms with Gasteiger partial charge < -0.3 is 10.1 Å². The molecule has 1 amide bonds. The Balaban J connectivity index is 1.75. The van der Waals surface area contributed by atoms with Crippen molar-refractivity contribution < 1.29 is 17.9 Å². The zero-order valence-corrected chi connectivity index (χ0v) is 20.3. The maximum absolute atomic E-state index is 12.6. The van der Waals surface area contributed by atoms with E-state index in [4.69, 9.17) is 4.74 Å². The van der Waals surface area contributed by atoms with Gasteiger partial charge in [-0.2, -0.15) is 0 Å². The lowest BCUT2D eigenvalue weighted by molar-refractivity contribution is -0.113. The molecule has 0 spiro atoms. The maximum Gasteiger partial charge on any atom is 0.242 e. The van der Waals surface area contributed by atoms with Crippen molar-refractivity contribution in [3.05, 3.63) is 59.9 Å². The molecule has 0 radical (unpaired) electrons. The molecule has 1 N–H and O–H groups in total. The number of hydrogen-bond acceptors (Lipinski definition) is 6. The SMILES string of the molecule is COc1ccc(S(=O)(=O)N(C)C)cc1NC(=O)CSc1nccn1-c1ccc(C)c(C)c1. The van der Waals surface area contributed by atoms with E-state index >= 15 is 0 Å². The third-order valence-corrected chi connectivity index (χ3v) is 7.71. The van der Waals surface area contributed by atoms with Crippen LogP contribution in [-0.2, 0) is 14.8 Å². The number of imidazole rings is 1. The first kappa shape index (κ1) is 23.8. The third kappa shape index (κ3) is 5.14. The lowest BCUT2D eigenvalue weighted by Crippen LogP contribution is -2.22. The van der Waals surface area contributed by atoms with E-state index in [9.17, 15) is 13.2 Å². The molecular formula is C22H26N4O4S2. The zero-order chi connectivity index (χ0) is 23.5. The number of aryl methyl sites for hydroxylation is 2. The highest BCUT2D eigenvalue weighted by Gasteiger charge is 2.20. The molecule has 0 atom stereocenters. The lowest BCUT2D eigenvalue weighted by atomic mass is 10.1. The molecule has 0 aliphatic carbocycles. The fourth-order valence-corrected chi connectivity index (χ4v) is 4.64. The highest BCUT2D eigenvalue weighted by atomic mass is 32.2. The Hall–Kier alpha value is -2.82. The summed E-state index contributed by atoms with van der Waals surface area (Å²) >= 11 is 1.29. The summed E-state index contributed by atoms with van der Waals surface area (Å²) in [5, 5.41) is 3.43. The summed E-state index contributed by atoms with van der Waals surface area (Å²) in [6, 6.07) is 10.5. The maximum atomic E-state index is 12.6. The standard InChI is InChI=1S/C22H26N4O4S2/c1-15-6-7-17(12-16(15)2)26-11-10-23-22(26)31-14-21(27)24-19-13-18(8-9-20(19)30-5)32(28,29)25(3)4/h6-13H,14H2,1-5H3,(H,24,27). The van der Waals surface area contributed by atoms with E-state index < -0.39 is 10.0 Å². The number of nitrogens with one attached hydrogen (secondary N) is 1. The summed E-state index contributed by atoms with van der Waals surface area (Å²) in [5.41, 5.74) is 3.63. The Kier molecular flexibility index (Phi) is 7.27. The number of ether oxygens (including phenoxy) is 1. The molecule has 0 unspecified atom stereocenters. The van der Waals surface area contributed by atoms with E-state index in [-0.39, 0.29) is 16.6 Å². The number of nitrogens with zero attached hydrogens (tertiary/aromatic N) is 3. The van der Waals surface area contributed by atoms with Crippen LogP contribution in [0.15, 0.2) is 58.8 Å². The highest BCUT2D eigenvalue weighted by Crippen LogP contribution is 2.29. The first-order chi connectivity index (χ1) is 15.1. The number of aromatic nitrogens is 2. The molecule has 0 aliphatic heterocycles. The number of thioether (sulfide) groups is 1. The average Bonchev–Trinajstić information content (AvgIpc) is 3.22. The third-order valence-electron chi connectivity index (χ3n) is 4.93. The van der Waals surface area contributed by atoms with Gasteiger partial charge in [-0.25, -0.2) is 17.7 Å². The van der Waals surface area contributed by atoms with Gasteiger partial charge in [-0.3, -0.25) is 9.36 Å². The van der Waals surface area contributed by atoms with Crippen molar-refractivity contribution in [1.29, 1.82) is 0 Å². The smallest absolute Gasteiger partial charge is 0.242 e. The number of benzene rings is 2. The minimum atomic E-state index is -3.64.